The molecule has 2 amide bonds. The van der Waals surface area contributed by atoms with Crippen LogP contribution in [0.5, 0.6) is 5.75 Å². The molecule has 0 aliphatic carbocycles. The number of ether oxygens (including phenoxy) is 1. The van der Waals surface area contributed by atoms with E-state index in [0.29, 0.717) is 17.8 Å². The molecule has 0 atom stereocenters. The molecule has 0 fully saturated rings. The summed E-state index contributed by atoms with van der Waals surface area (Å²) in [7, 11) is 3.35. The van der Waals surface area contributed by atoms with E-state index in [2.05, 4.69) is 5.32 Å². The summed E-state index contributed by atoms with van der Waals surface area (Å²) in [5, 5.41) is 2.81. The Morgan fingerprint density at radius 3 is 2.30 bits per heavy atom. The molecule has 0 saturated carbocycles. The number of methoxy groups -OCH3 is 1. The number of nitrogens with one attached hydrogen (secondary N) is 1. The fourth-order valence-electron chi connectivity index (χ4n) is 2.97. The highest BCUT2D eigenvalue weighted by atomic mass is 16.5. The molecule has 3 rings (SSSR count). The molecule has 3 aromatic rings. The summed E-state index contributed by atoms with van der Waals surface area (Å²) in [5.41, 5.74) is 2.84. The molecule has 0 aromatic heterocycles. The van der Waals surface area contributed by atoms with Crippen LogP contribution < -0.4 is 10.1 Å². The van der Waals surface area contributed by atoms with Gasteiger partial charge >= 0.3 is 0 Å². The average molecular weight is 400 g/mol. The second-order valence-corrected chi connectivity index (χ2v) is 6.79. The van der Waals surface area contributed by atoms with E-state index in [0.717, 1.165) is 16.9 Å². The number of benzene rings is 3. The van der Waals surface area contributed by atoms with Gasteiger partial charge in [0.25, 0.3) is 5.91 Å². The molecule has 0 saturated heterocycles. The molecular formula is C25H24N2O3. The lowest BCUT2D eigenvalue weighted by molar-refractivity contribution is -0.111. The van der Waals surface area contributed by atoms with Gasteiger partial charge in [-0.2, -0.15) is 0 Å². The largest absolute Gasteiger partial charge is 0.497 e. The van der Waals surface area contributed by atoms with Gasteiger partial charge in [-0.3, -0.25) is 9.59 Å². The fraction of sp³-hybridized carbons (Fsp3) is 0.120. The molecular weight excluding hydrogens is 376 g/mol. The van der Waals surface area contributed by atoms with Crippen LogP contribution >= 0.6 is 0 Å². The lowest BCUT2D eigenvalue weighted by Gasteiger charge is -2.19. The Morgan fingerprint density at radius 2 is 1.60 bits per heavy atom. The van der Waals surface area contributed by atoms with E-state index in [9.17, 15) is 9.59 Å². The number of carbonyl (C=O) groups is 2. The first kappa shape index (κ1) is 20.9. The first-order chi connectivity index (χ1) is 14.6. The number of rotatable bonds is 7. The van der Waals surface area contributed by atoms with Crippen LogP contribution in [-0.2, 0) is 11.3 Å². The van der Waals surface area contributed by atoms with Crippen LogP contribution in [0.4, 0.5) is 5.69 Å². The predicted octanol–water partition coefficient (Wildman–Crippen LogP) is 4.62. The Labute approximate surface area is 176 Å². The van der Waals surface area contributed by atoms with Crippen LogP contribution in [0.15, 0.2) is 84.9 Å². The van der Waals surface area contributed by atoms with E-state index < -0.39 is 0 Å². The zero-order valence-electron chi connectivity index (χ0n) is 17.0. The van der Waals surface area contributed by atoms with Crippen LogP contribution in [0.1, 0.15) is 21.5 Å². The van der Waals surface area contributed by atoms with Gasteiger partial charge in [0.15, 0.2) is 0 Å². The van der Waals surface area contributed by atoms with Crippen LogP contribution in [0.25, 0.3) is 6.08 Å². The highest BCUT2D eigenvalue weighted by Crippen LogP contribution is 2.18. The minimum absolute atomic E-state index is 0.158. The van der Waals surface area contributed by atoms with Gasteiger partial charge in [0.2, 0.25) is 5.91 Å². The van der Waals surface area contributed by atoms with Crippen molar-refractivity contribution in [3.8, 4) is 5.75 Å². The first-order valence-electron chi connectivity index (χ1n) is 9.58. The van der Waals surface area contributed by atoms with Crippen LogP contribution in [-0.4, -0.2) is 30.9 Å². The van der Waals surface area contributed by atoms with Crippen molar-refractivity contribution in [3.05, 3.63) is 102 Å². The molecule has 0 bridgehead atoms. The van der Waals surface area contributed by atoms with Gasteiger partial charge in [0.1, 0.15) is 5.75 Å². The lowest BCUT2D eigenvalue weighted by atomic mass is 10.1. The summed E-state index contributed by atoms with van der Waals surface area (Å²) in [6.45, 7) is 0.485. The summed E-state index contributed by atoms with van der Waals surface area (Å²) < 4.78 is 5.13. The van der Waals surface area contributed by atoms with Gasteiger partial charge < -0.3 is 15.0 Å². The average Bonchev–Trinajstić information content (AvgIpc) is 2.78. The van der Waals surface area contributed by atoms with Crippen molar-refractivity contribution in [3.63, 3.8) is 0 Å². The molecule has 0 aliphatic rings. The maximum absolute atomic E-state index is 12.9. The first-order valence-corrected chi connectivity index (χ1v) is 9.58. The van der Waals surface area contributed by atoms with Crippen molar-refractivity contribution in [2.75, 3.05) is 19.5 Å². The van der Waals surface area contributed by atoms with Crippen molar-refractivity contribution in [1.82, 2.24) is 4.90 Å². The predicted molar refractivity (Wildman–Crippen MR) is 119 cm³/mol. The highest BCUT2D eigenvalue weighted by molar-refractivity contribution is 6.07. The highest BCUT2D eigenvalue weighted by Gasteiger charge is 2.16. The topological polar surface area (TPSA) is 58.6 Å². The van der Waals surface area contributed by atoms with Gasteiger partial charge in [0, 0.05) is 19.7 Å². The van der Waals surface area contributed by atoms with Crippen LogP contribution in [0.3, 0.4) is 0 Å². The van der Waals surface area contributed by atoms with Gasteiger partial charge in [-0.25, -0.2) is 0 Å². The van der Waals surface area contributed by atoms with Crippen LogP contribution in [0.2, 0.25) is 0 Å². The molecule has 0 spiro atoms. The third-order valence-corrected chi connectivity index (χ3v) is 4.57. The maximum atomic E-state index is 12.9. The lowest BCUT2D eigenvalue weighted by Crippen LogP contribution is -2.27. The monoisotopic (exact) mass is 400 g/mol. The summed E-state index contributed by atoms with van der Waals surface area (Å²) >= 11 is 0. The second kappa shape index (κ2) is 10.1. The number of nitrogens with zero attached hydrogens (tertiary/aromatic N) is 1. The Kier molecular flexibility index (Phi) is 7.00. The van der Waals surface area contributed by atoms with E-state index in [4.69, 9.17) is 4.74 Å². The number of amides is 2. The molecule has 152 valence electrons. The van der Waals surface area contributed by atoms with Crippen LogP contribution in [0, 0.1) is 0 Å². The van der Waals surface area contributed by atoms with E-state index in [1.807, 2.05) is 54.6 Å². The molecule has 5 heteroatoms. The normalized spacial score (nSPS) is 10.6. The molecule has 0 unspecified atom stereocenters. The van der Waals surface area contributed by atoms with Crippen molar-refractivity contribution >= 4 is 23.6 Å². The van der Waals surface area contributed by atoms with Crippen molar-refractivity contribution in [2.45, 2.75) is 6.54 Å². The molecule has 1 N–H and O–H groups in total. The molecule has 0 aliphatic heterocycles. The van der Waals surface area contributed by atoms with E-state index in [1.54, 1.807) is 49.4 Å². The summed E-state index contributed by atoms with van der Waals surface area (Å²) in [4.78, 5) is 27.0. The molecule has 3 aromatic carbocycles. The Bertz CT molecular complexity index is 1030. The van der Waals surface area contributed by atoms with Gasteiger partial charge in [-0.1, -0.05) is 54.6 Å². The zero-order chi connectivity index (χ0) is 21.3. The zero-order valence-corrected chi connectivity index (χ0v) is 17.0. The van der Waals surface area contributed by atoms with Crippen molar-refractivity contribution in [2.24, 2.45) is 0 Å². The smallest absolute Gasteiger partial charge is 0.256 e. The SMILES string of the molecule is COc1ccc(/C=C/C(=O)Nc2ccccc2C(=O)N(C)Cc2ccccc2)cc1. The minimum atomic E-state index is -0.309. The van der Waals surface area contributed by atoms with Gasteiger partial charge in [-0.15, -0.1) is 0 Å². The maximum Gasteiger partial charge on any atom is 0.256 e. The second-order valence-electron chi connectivity index (χ2n) is 6.79. The molecule has 5 nitrogen and oxygen atoms in total. The summed E-state index contributed by atoms with van der Waals surface area (Å²) in [6, 6.07) is 24.2. The number of hydrogen-bond donors (Lipinski definition) is 1. The molecule has 30 heavy (non-hydrogen) atoms. The van der Waals surface area contributed by atoms with Crippen molar-refractivity contribution < 1.29 is 14.3 Å². The number of anilines is 1. The Morgan fingerprint density at radius 1 is 0.933 bits per heavy atom. The fourth-order valence-corrected chi connectivity index (χ4v) is 2.97. The Balaban J connectivity index is 1.68. The van der Waals surface area contributed by atoms with Crippen molar-refractivity contribution in [1.29, 1.82) is 0 Å². The standard InChI is InChI=1S/C25H24N2O3/c1-27(18-20-8-4-3-5-9-20)25(29)22-10-6-7-11-23(22)26-24(28)17-14-19-12-15-21(30-2)16-13-19/h3-17H,18H2,1-2H3,(H,26,28)/b17-14+. The number of carbonyl (C=O) groups excluding carboxylic acids is 2. The van der Waals surface area contributed by atoms with Gasteiger partial charge in [-0.05, 0) is 41.5 Å². The third kappa shape index (κ3) is 5.58. The van der Waals surface area contributed by atoms with E-state index >= 15 is 0 Å². The van der Waals surface area contributed by atoms with E-state index in [1.165, 1.54) is 6.08 Å². The number of hydrogen-bond acceptors (Lipinski definition) is 3. The van der Waals surface area contributed by atoms with E-state index in [-0.39, 0.29) is 11.8 Å². The number of para-hydroxylation sites is 1. The summed E-state index contributed by atoms with van der Waals surface area (Å²) in [5.74, 6) is 0.286. The van der Waals surface area contributed by atoms with Gasteiger partial charge in [0.05, 0.1) is 18.4 Å². The Hall–Kier alpha value is -3.86. The molecule has 0 radical (unpaired) electrons. The minimum Gasteiger partial charge on any atom is -0.497 e. The summed E-state index contributed by atoms with van der Waals surface area (Å²) in [6.07, 6.45) is 3.15. The third-order valence-electron chi connectivity index (χ3n) is 4.57. The quantitative estimate of drug-likeness (QED) is 0.589. The molecule has 0 heterocycles.